The van der Waals surface area contributed by atoms with E-state index >= 15 is 0 Å². The zero-order valence-corrected chi connectivity index (χ0v) is 15.1. The van der Waals surface area contributed by atoms with Gasteiger partial charge in [0.1, 0.15) is 24.0 Å². The van der Waals surface area contributed by atoms with E-state index in [2.05, 4.69) is 4.40 Å². The van der Waals surface area contributed by atoms with Gasteiger partial charge >= 0.3 is 0 Å². The van der Waals surface area contributed by atoms with Crippen LogP contribution in [0, 0.1) is 6.92 Å². The van der Waals surface area contributed by atoms with Gasteiger partial charge in [-0.3, -0.25) is 0 Å². The summed E-state index contributed by atoms with van der Waals surface area (Å²) in [4.78, 5) is 0.132. The van der Waals surface area contributed by atoms with Gasteiger partial charge in [-0.15, -0.1) is 0 Å². The van der Waals surface area contributed by atoms with E-state index < -0.39 is 10.0 Å². The molecule has 0 unspecified atom stereocenters. The van der Waals surface area contributed by atoms with Gasteiger partial charge in [0, 0.05) is 5.56 Å². The fourth-order valence-corrected chi connectivity index (χ4v) is 3.42. The molecule has 0 aliphatic rings. The molecule has 0 amide bonds. The highest BCUT2D eigenvalue weighted by Gasteiger charge is 2.17. The second-order valence-corrected chi connectivity index (χ2v) is 7.57. The number of benzene rings is 1. The zero-order valence-electron chi connectivity index (χ0n) is 14.3. The Bertz CT molecular complexity index is 1170. The van der Waals surface area contributed by atoms with Crippen molar-refractivity contribution in [3.63, 3.8) is 0 Å². The third-order valence-corrected chi connectivity index (χ3v) is 5.25. The largest absolute Gasteiger partial charge is 0.472 e. The van der Waals surface area contributed by atoms with E-state index in [4.69, 9.17) is 13.3 Å². The van der Waals surface area contributed by atoms with Crippen LogP contribution in [0.5, 0.6) is 0 Å². The van der Waals surface area contributed by atoms with Gasteiger partial charge in [0.05, 0.1) is 34.8 Å². The van der Waals surface area contributed by atoms with Crippen LogP contribution in [0.15, 0.2) is 90.1 Å². The summed E-state index contributed by atoms with van der Waals surface area (Å²) in [6, 6.07) is 11.7. The minimum Gasteiger partial charge on any atom is -0.472 e. The first kappa shape index (κ1) is 17.1. The van der Waals surface area contributed by atoms with E-state index in [0.717, 1.165) is 11.1 Å². The Hall–Kier alpha value is -3.32. The van der Waals surface area contributed by atoms with Crippen molar-refractivity contribution in [3.8, 4) is 22.6 Å². The molecule has 0 bridgehead atoms. The molecule has 4 aromatic rings. The summed E-state index contributed by atoms with van der Waals surface area (Å²) in [6.07, 6.45) is 7.39. The fraction of sp³-hybridized carbons (Fsp3) is 0.0500. The Kier molecular flexibility index (Phi) is 4.29. The van der Waals surface area contributed by atoms with Crippen molar-refractivity contribution in [2.24, 2.45) is 4.40 Å². The molecule has 0 radical (unpaired) electrons. The minimum absolute atomic E-state index is 0.132. The Morgan fingerprint density at radius 2 is 1.59 bits per heavy atom. The van der Waals surface area contributed by atoms with Gasteiger partial charge in [-0.25, -0.2) is 0 Å². The van der Waals surface area contributed by atoms with E-state index in [9.17, 15) is 8.42 Å². The molecule has 0 aliphatic heterocycles. The van der Waals surface area contributed by atoms with E-state index in [1.807, 2.05) is 6.92 Å². The van der Waals surface area contributed by atoms with Gasteiger partial charge in [-0.1, -0.05) is 17.7 Å². The van der Waals surface area contributed by atoms with Crippen LogP contribution in [0.25, 0.3) is 22.6 Å². The number of nitrogens with zero attached hydrogens (tertiary/aromatic N) is 1. The van der Waals surface area contributed by atoms with Crippen LogP contribution < -0.4 is 0 Å². The van der Waals surface area contributed by atoms with E-state index in [1.165, 1.54) is 37.1 Å². The summed E-state index contributed by atoms with van der Waals surface area (Å²) >= 11 is 0. The average Bonchev–Trinajstić information content (AvgIpc) is 3.40. The van der Waals surface area contributed by atoms with E-state index in [1.54, 1.807) is 36.6 Å². The van der Waals surface area contributed by atoms with Crippen molar-refractivity contribution in [3.05, 3.63) is 78.6 Å². The summed E-state index contributed by atoms with van der Waals surface area (Å²) in [5.41, 5.74) is 2.91. The van der Waals surface area contributed by atoms with Crippen molar-refractivity contribution in [2.45, 2.75) is 11.8 Å². The molecular formula is C20H15NO5S. The maximum absolute atomic E-state index is 12.5. The first-order valence-corrected chi connectivity index (χ1v) is 9.53. The third-order valence-electron chi connectivity index (χ3n) is 4.00. The lowest BCUT2D eigenvalue weighted by Gasteiger charge is -1.99. The molecule has 3 aromatic heterocycles. The van der Waals surface area contributed by atoms with Crippen molar-refractivity contribution < 1.29 is 21.7 Å². The second kappa shape index (κ2) is 6.77. The molecule has 27 heavy (non-hydrogen) atoms. The quantitative estimate of drug-likeness (QED) is 0.458. The summed E-state index contributed by atoms with van der Waals surface area (Å²) in [7, 11) is -3.82. The number of sulfonamides is 1. The number of hydrogen-bond donors (Lipinski definition) is 0. The van der Waals surface area contributed by atoms with Gasteiger partial charge in [0.15, 0.2) is 0 Å². The molecule has 4 rings (SSSR count). The minimum atomic E-state index is -3.82. The molecule has 7 heteroatoms. The number of aryl methyl sites for hydroxylation is 1. The third kappa shape index (κ3) is 3.50. The summed E-state index contributed by atoms with van der Waals surface area (Å²) in [5, 5.41) is 0. The van der Waals surface area contributed by atoms with Gasteiger partial charge in [0.25, 0.3) is 10.0 Å². The highest BCUT2D eigenvalue weighted by molar-refractivity contribution is 7.90. The molecule has 3 heterocycles. The molecule has 0 saturated carbocycles. The maximum atomic E-state index is 12.5. The van der Waals surface area contributed by atoms with Crippen molar-refractivity contribution in [2.75, 3.05) is 0 Å². The first-order chi connectivity index (χ1) is 13.0. The molecule has 0 fully saturated rings. The Balaban J connectivity index is 1.74. The highest BCUT2D eigenvalue weighted by Crippen LogP contribution is 2.32. The Labute approximate surface area is 155 Å². The fourth-order valence-electron chi connectivity index (χ4n) is 2.56. The topological polar surface area (TPSA) is 85.9 Å². The zero-order chi connectivity index (χ0) is 18.9. The van der Waals surface area contributed by atoms with Crippen LogP contribution in [-0.2, 0) is 10.0 Å². The molecule has 0 atom stereocenters. The lowest BCUT2D eigenvalue weighted by Crippen LogP contribution is -1.97. The van der Waals surface area contributed by atoms with Crippen LogP contribution >= 0.6 is 0 Å². The Morgan fingerprint density at radius 1 is 0.926 bits per heavy atom. The molecule has 0 aliphatic carbocycles. The molecule has 1 aromatic carbocycles. The van der Waals surface area contributed by atoms with Gasteiger partial charge in [0.2, 0.25) is 0 Å². The molecule has 136 valence electrons. The van der Waals surface area contributed by atoms with E-state index in [0.29, 0.717) is 22.6 Å². The SMILES string of the molecule is Cc1ccc(S(=O)(=O)/N=C\c2cc(-c3ccoc3)oc2-c2ccoc2)cc1. The average molecular weight is 381 g/mol. The van der Waals surface area contributed by atoms with Crippen LogP contribution in [0.3, 0.4) is 0 Å². The lowest BCUT2D eigenvalue weighted by atomic mass is 10.1. The summed E-state index contributed by atoms with van der Waals surface area (Å²) in [6.45, 7) is 1.89. The van der Waals surface area contributed by atoms with Gasteiger partial charge in [-0.05, 0) is 37.3 Å². The standard InChI is InChI=1S/C20H15NO5S/c1-14-2-4-18(5-3-14)27(22,23)21-11-17-10-19(15-6-8-24-12-15)26-20(17)16-7-9-25-13-16/h2-13H,1H3/b21-11-. The first-order valence-electron chi connectivity index (χ1n) is 8.09. The maximum Gasteiger partial charge on any atom is 0.282 e. The monoisotopic (exact) mass is 381 g/mol. The van der Waals surface area contributed by atoms with Crippen molar-refractivity contribution >= 4 is 16.2 Å². The molecular weight excluding hydrogens is 366 g/mol. The van der Waals surface area contributed by atoms with Crippen LogP contribution in [0.1, 0.15) is 11.1 Å². The normalized spacial score (nSPS) is 12.0. The van der Waals surface area contributed by atoms with Crippen LogP contribution in [-0.4, -0.2) is 14.6 Å². The molecule has 0 spiro atoms. The van der Waals surface area contributed by atoms with Crippen LogP contribution in [0.2, 0.25) is 0 Å². The van der Waals surface area contributed by atoms with Crippen LogP contribution in [0.4, 0.5) is 0 Å². The predicted molar refractivity (Wildman–Crippen MR) is 100 cm³/mol. The summed E-state index contributed by atoms with van der Waals surface area (Å²) in [5.74, 6) is 0.997. The second-order valence-electron chi connectivity index (χ2n) is 5.94. The van der Waals surface area contributed by atoms with Gasteiger partial charge in [-0.2, -0.15) is 12.8 Å². The number of furan rings is 3. The highest BCUT2D eigenvalue weighted by atomic mass is 32.2. The molecule has 0 N–H and O–H groups in total. The Morgan fingerprint density at radius 3 is 2.22 bits per heavy atom. The molecule has 0 saturated heterocycles. The van der Waals surface area contributed by atoms with Crippen molar-refractivity contribution in [1.29, 1.82) is 0 Å². The predicted octanol–water partition coefficient (Wildman–Crippen LogP) is 4.92. The smallest absolute Gasteiger partial charge is 0.282 e. The van der Waals surface area contributed by atoms with Gasteiger partial charge < -0.3 is 13.3 Å². The lowest BCUT2D eigenvalue weighted by molar-refractivity contribution is 0.559. The number of hydrogen-bond acceptors (Lipinski definition) is 5. The van der Waals surface area contributed by atoms with Crippen molar-refractivity contribution in [1.82, 2.24) is 0 Å². The summed E-state index contributed by atoms with van der Waals surface area (Å²) < 4.78 is 44.9. The van der Waals surface area contributed by atoms with E-state index in [-0.39, 0.29) is 4.90 Å². The molecule has 6 nitrogen and oxygen atoms in total. The number of rotatable bonds is 5.